The van der Waals surface area contributed by atoms with E-state index in [0.29, 0.717) is 35.4 Å². The van der Waals surface area contributed by atoms with Crippen LogP contribution >= 0.6 is 0 Å². The van der Waals surface area contributed by atoms with Crippen molar-refractivity contribution in [3.63, 3.8) is 0 Å². The maximum atomic E-state index is 12.5. The number of carbonyl (C=O) groups is 1. The van der Waals surface area contributed by atoms with Gasteiger partial charge in [-0.15, -0.1) is 0 Å². The van der Waals surface area contributed by atoms with Gasteiger partial charge in [-0.05, 0) is 25.7 Å². The van der Waals surface area contributed by atoms with Crippen molar-refractivity contribution in [3.05, 3.63) is 29.3 Å². The van der Waals surface area contributed by atoms with E-state index in [9.17, 15) is 4.79 Å². The van der Waals surface area contributed by atoms with Crippen LogP contribution in [0.25, 0.3) is 0 Å². The lowest BCUT2D eigenvalue weighted by molar-refractivity contribution is 0.0781. The number of nitrogens with zero attached hydrogens (tertiary/aromatic N) is 6. The van der Waals surface area contributed by atoms with Gasteiger partial charge in [-0.25, -0.2) is 14.6 Å². The first kappa shape index (κ1) is 16.4. The van der Waals surface area contributed by atoms with Crippen molar-refractivity contribution in [2.75, 3.05) is 25.0 Å². The van der Waals surface area contributed by atoms with E-state index in [2.05, 4.69) is 36.7 Å². The van der Waals surface area contributed by atoms with Gasteiger partial charge in [-0.3, -0.25) is 4.79 Å². The van der Waals surface area contributed by atoms with Gasteiger partial charge < -0.3 is 9.80 Å². The van der Waals surface area contributed by atoms with E-state index in [0.717, 1.165) is 19.5 Å². The molecule has 2 aromatic heterocycles. The Kier molecular flexibility index (Phi) is 4.73. The molecule has 1 aliphatic rings. The Bertz CT molecular complexity index is 699. The molecule has 0 bridgehead atoms. The standard InChI is InChI=1S/C16H22N6O2/c1-11-5-4-6-22(9-11)16-17-7-13(8-18-16)15(23)21(3)10-14-12(2)19-24-20-14/h7-8,11H,4-6,9-10H2,1-3H3/t11-/m1/s1. The van der Waals surface area contributed by atoms with E-state index in [-0.39, 0.29) is 5.91 Å². The zero-order chi connectivity index (χ0) is 17.1. The van der Waals surface area contributed by atoms with Gasteiger partial charge >= 0.3 is 0 Å². The minimum Gasteiger partial charge on any atom is -0.341 e. The highest BCUT2D eigenvalue weighted by atomic mass is 16.6. The highest BCUT2D eigenvalue weighted by molar-refractivity contribution is 5.93. The summed E-state index contributed by atoms with van der Waals surface area (Å²) in [6, 6.07) is 0. The molecular formula is C16H22N6O2. The van der Waals surface area contributed by atoms with Gasteiger partial charge in [0.15, 0.2) is 0 Å². The average Bonchev–Trinajstić information content (AvgIpc) is 2.99. The third-order valence-corrected chi connectivity index (χ3v) is 4.31. The summed E-state index contributed by atoms with van der Waals surface area (Å²) in [5.41, 5.74) is 1.78. The molecule has 8 heteroatoms. The topological polar surface area (TPSA) is 88.2 Å². The van der Waals surface area contributed by atoms with Crippen LogP contribution in [0, 0.1) is 12.8 Å². The van der Waals surface area contributed by atoms with Crippen molar-refractivity contribution in [2.24, 2.45) is 5.92 Å². The molecule has 1 saturated heterocycles. The third kappa shape index (κ3) is 3.52. The summed E-state index contributed by atoms with van der Waals surface area (Å²) < 4.78 is 4.65. The first-order valence-corrected chi connectivity index (χ1v) is 8.15. The van der Waals surface area contributed by atoms with Crippen molar-refractivity contribution >= 4 is 11.9 Å². The Balaban J connectivity index is 1.66. The first-order valence-electron chi connectivity index (χ1n) is 8.15. The van der Waals surface area contributed by atoms with Crippen molar-refractivity contribution in [1.82, 2.24) is 25.2 Å². The molecule has 1 fully saturated rings. The molecule has 24 heavy (non-hydrogen) atoms. The largest absolute Gasteiger partial charge is 0.341 e. The number of aryl methyl sites for hydroxylation is 1. The van der Waals surface area contributed by atoms with Crippen LogP contribution in [-0.2, 0) is 6.54 Å². The zero-order valence-corrected chi connectivity index (χ0v) is 14.3. The summed E-state index contributed by atoms with van der Waals surface area (Å²) >= 11 is 0. The Morgan fingerprint density at radius 1 is 1.38 bits per heavy atom. The van der Waals surface area contributed by atoms with Gasteiger partial charge in [0.2, 0.25) is 5.95 Å². The average molecular weight is 330 g/mol. The third-order valence-electron chi connectivity index (χ3n) is 4.31. The number of carbonyl (C=O) groups excluding carboxylic acids is 1. The fraction of sp³-hybridized carbons (Fsp3) is 0.562. The van der Waals surface area contributed by atoms with Crippen LogP contribution in [0.2, 0.25) is 0 Å². The van der Waals surface area contributed by atoms with Gasteiger partial charge in [0, 0.05) is 32.5 Å². The van der Waals surface area contributed by atoms with Gasteiger partial charge in [-0.2, -0.15) is 0 Å². The van der Waals surface area contributed by atoms with E-state index in [4.69, 9.17) is 0 Å². The number of rotatable bonds is 4. The molecule has 1 amide bonds. The van der Waals surface area contributed by atoms with Crippen LogP contribution in [0.4, 0.5) is 5.95 Å². The monoisotopic (exact) mass is 330 g/mol. The van der Waals surface area contributed by atoms with Crippen LogP contribution in [0.3, 0.4) is 0 Å². The van der Waals surface area contributed by atoms with Crippen LogP contribution in [0.15, 0.2) is 17.0 Å². The summed E-state index contributed by atoms with van der Waals surface area (Å²) in [5, 5.41) is 7.51. The van der Waals surface area contributed by atoms with Crippen LogP contribution in [0.5, 0.6) is 0 Å². The van der Waals surface area contributed by atoms with Crippen molar-refractivity contribution in [1.29, 1.82) is 0 Å². The lowest BCUT2D eigenvalue weighted by Gasteiger charge is -2.30. The molecule has 0 unspecified atom stereocenters. The summed E-state index contributed by atoms with van der Waals surface area (Å²) in [7, 11) is 1.71. The molecule has 8 nitrogen and oxygen atoms in total. The number of anilines is 1. The van der Waals surface area contributed by atoms with E-state index in [1.165, 1.54) is 6.42 Å². The number of hydrogen-bond donors (Lipinski definition) is 0. The molecule has 1 aliphatic heterocycles. The molecule has 0 aliphatic carbocycles. The van der Waals surface area contributed by atoms with Gasteiger partial charge in [0.05, 0.1) is 12.1 Å². The quantitative estimate of drug-likeness (QED) is 0.842. The summed E-state index contributed by atoms with van der Waals surface area (Å²) in [6.07, 6.45) is 5.58. The lowest BCUT2D eigenvalue weighted by atomic mass is 10.0. The number of amides is 1. The molecule has 0 spiro atoms. The van der Waals surface area contributed by atoms with E-state index in [1.807, 2.05) is 0 Å². The second kappa shape index (κ2) is 6.94. The maximum absolute atomic E-state index is 12.5. The Morgan fingerprint density at radius 2 is 2.12 bits per heavy atom. The van der Waals surface area contributed by atoms with Crippen molar-refractivity contribution < 1.29 is 9.42 Å². The predicted molar refractivity (Wildman–Crippen MR) is 87.5 cm³/mol. The van der Waals surface area contributed by atoms with Crippen molar-refractivity contribution in [3.8, 4) is 0 Å². The van der Waals surface area contributed by atoms with Gasteiger partial charge in [0.25, 0.3) is 5.91 Å². The number of hydrogen-bond acceptors (Lipinski definition) is 7. The van der Waals surface area contributed by atoms with Gasteiger partial charge in [0.1, 0.15) is 11.4 Å². The fourth-order valence-corrected chi connectivity index (χ4v) is 2.88. The number of aromatic nitrogens is 4. The number of piperidine rings is 1. The molecular weight excluding hydrogens is 308 g/mol. The molecule has 2 aromatic rings. The Labute approximate surface area is 140 Å². The molecule has 128 valence electrons. The second-order valence-electron chi connectivity index (χ2n) is 6.42. The van der Waals surface area contributed by atoms with Crippen LogP contribution in [0.1, 0.15) is 41.5 Å². The molecule has 3 rings (SSSR count). The molecule has 3 heterocycles. The van der Waals surface area contributed by atoms with E-state index < -0.39 is 0 Å². The summed E-state index contributed by atoms with van der Waals surface area (Å²) in [6.45, 7) is 6.29. The van der Waals surface area contributed by atoms with E-state index >= 15 is 0 Å². The zero-order valence-electron chi connectivity index (χ0n) is 14.3. The molecule has 0 aromatic carbocycles. The fourth-order valence-electron chi connectivity index (χ4n) is 2.88. The SMILES string of the molecule is Cc1nonc1CN(C)C(=O)c1cnc(N2CCC[C@@H](C)C2)nc1. The van der Waals surface area contributed by atoms with Crippen molar-refractivity contribution in [2.45, 2.75) is 33.2 Å². The normalized spacial score (nSPS) is 17.8. The Hall–Kier alpha value is -2.51. The molecule has 0 saturated carbocycles. The van der Waals surface area contributed by atoms with Gasteiger partial charge in [-0.1, -0.05) is 17.2 Å². The first-order chi connectivity index (χ1) is 11.5. The molecule has 0 radical (unpaired) electrons. The predicted octanol–water partition coefficient (Wildman–Crippen LogP) is 1.68. The highest BCUT2D eigenvalue weighted by Crippen LogP contribution is 2.19. The second-order valence-corrected chi connectivity index (χ2v) is 6.42. The van der Waals surface area contributed by atoms with Crippen LogP contribution in [-0.4, -0.2) is 51.2 Å². The Morgan fingerprint density at radius 3 is 2.75 bits per heavy atom. The lowest BCUT2D eigenvalue weighted by Crippen LogP contribution is -2.35. The van der Waals surface area contributed by atoms with Crippen LogP contribution < -0.4 is 4.90 Å². The summed E-state index contributed by atoms with van der Waals surface area (Å²) in [4.78, 5) is 25.0. The summed E-state index contributed by atoms with van der Waals surface area (Å²) in [5.74, 6) is 1.18. The smallest absolute Gasteiger partial charge is 0.257 e. The maximum Gasteiger partial charge on any atom is 0.257 e. The minimum absolute atomic E-state index is 0.157. The molecule has 0 N–H and O–H groups in total. The van der Waals surface area contributed by atoms with E-state index in [1.54, 1.807) is 31.3 Å². The molecule has 1 atom stereocenters. The highest BCUT2D eigenvalue weighted by Gasteiger charge is 2.20. The minimum atomic E-state index is -0.157.